The third kappa shape index (κ3) is 4.67. The number of likely N-dealkylation sites (N-methyl/N-ethyl adjacent to an activating group) is 1. The predicted molar refractivity (Wildman–Crippen MR) is 128 cm³/mol. The quantitative estimate of drug-likeness (QED) is 0.553. The number of carbonyl (C=O) groups excluding carboxylic acids is 1. The highest BCUT2D eigenvalue weighted by Crippen LogP contribution is 2.42. The SMILES string of the molecule is CN(C)CC=CC(=O)N1CCN(c2ncnc3c(F)c(-c4c(O)cccc4F)c(Cl)cc23)CC1. The van der Waals surface area contributed by atoms with Gasteiger partial charge in [0, 0.05) is 49.7 Å². The summed E-state index contributed by atoms with van der Waals surface area (Å²) in [7, 11) is 3.85. The number of halogens is 3. The van der Waals surface area contributed by atoms with Crippen molar-refractivity contribution in [2.45, 2.75) is 0 Å². The summed E-state index contributed by atoms with van der Waals surface area (Å²) in [6.45, 7) is 2.63. The number of fused-ring (bicyclic) bond motifs is 1. The van der Waals surface area contributed by atoms with Gasteiger partial charge in [0.25, 0.3) is 0 Å². The van der Waals surface area contributed by atoms with Gasteiger partial charge in [0.15, 0.2) is 5.82 Å². The molecule has 0 radical (unpaired) electrons. The lowest BCUT2D eigenvalue weighted by Gasteiger charge is -2.35. The van der Waals surface area contributed by atoms with Crippen molar-refractivity contribution in [2.75, 3.05) is 51.7 Å². The number of amides is 1. The third-order valence-corrected chi connectivity index (χ3v) is 5.96. The summed E-state index contributed by atoms with van der Waals surface area (Å²) in [6, 6.07) is 5.19. The topological polar surface area (TPSA) is 72.8 Å². The summed E-state index contributed by atoms with van der Waals surface area (Å²) in [5.41, 5.74) is -0.604. The standard InChI is InChI=1S/C24H24ClF2N5O2/c1-30(2)8-4-7-19(34)31-9-11-32(12-10-31)24-15-13-16(25)20(22(27)23(15)28-14-29-24)21-17(26)5-3-6-18(21)33/h3-7,13-14,33H,8-12H2,1-2H3. The number of carbonyl (C=O) groups is 1. The van der Waals surface area contributed by atoms with Crippen molar-refractivity contribution in [3.8, 4) is 16.9 Å². The van der Waals surface area contributed by atoms with Crippen LogP contribution in [0.25, 0.3) is 22.0 Å². The van der Waals surface area contributed by atoms with Crippen LogP contribution in [-0.2, 0) is 4.79 Å². The average molecular weight is 488 g/mol. The second kappa shape index (κ2) is 9.90. The minimum atomic E-state index is -0.841. The van der Waals surface area contributed by atoms with Crippen molar-refractivity contribution in [1.29, 1.82) is 0 Å². The van der Waals surface area contributed by atoms with Crippen LogP contribution in [0.3, 0.4) is 0 Å². The zero-order valence-corrected chi connectivity index (χ0v) is 19.6. The molecule has 178 valence electrons. The molecule has 0 atom stereocenters. The number of aromatic nitrogens is 2. The van der Waals surface area contributed by atoms with Gasteiger partial charge >= 0.3 is 0 Å². The van der Waals surface area contributed by atoms with Gasteiger partial charge in [0.1, 0.15) is 29.2 Å². The largest absolute Gasteiger partial charge is 0.507 e. The Bertz CT molecular complexity index is 1240. The van der Waals surface area contributed by atoms with Gasteiger partial charge in [-0.3, -0.25) is 4.79 Å². The minimum absolute atomic E-state index is 0.0304. The summed E-state index contributed by atoms with van der Waals surface area (Å²) in [4.78, 5) is 26.5. The maximum atomic E-state index is 15.5. The van der Waals surface area contributed by atoms with E-state index in [-0.39, 0.29) is 27.6 Å². The van der Waals surface area contributed by atoms with Crippen LogP contribution in [0.4, 0.5) is 14.6 Å². The predicted octanol–water partition coefficient (Wildman–Crippen LogP) is 3.70. The van der Waals surface area contributed by atoms with Crippen molar-refractivity contribution in [3.63, 3.8) is 0 Å². The number of phenolic OH excluding ortho intramolecular Hbond substituents is 1. The van der Waals surface area contributed by atoms with Gasteiger partial charge in [-0.05, 0) is 32.3 Å². The molecule has 10 heteroatoms. The molecule has 34 heavy (non-hydrogen) atoms. The zero-order valence-electron chi connectivity index (χ0n) is 18.8. The number of nitrogens with zero attached hydrogens (tertiary/aromatic N) is 5. The van der Waals surface area contributed by atoms with Gasteiger partial charge < -0.3 is 19.8 Å². The molecule has 1 fully saturated rings. The molecule has 1 aliphatic heterocycles. The van der Waals surface area contributed by atoms with Gasteiger partial charge in [-0.1, -0.05) is 23.7 Å². The molecular formula is C24H24ClF2N5O2. The van der Waals surface area contributed by atoms with Crippen LogP contribution in [0.15, 0.2) is 42.7 Å². The summed E-state index contributed by atoms with van der Waals surface area (Å²) in [5, 5.41) is 10.4. The van der Waals surface area contributed by atoms with E-state index in [0.29, 0.717) is 43.9 Å². The Morgan fingerprint density at radius 1 is 1.18 bits per heavy atom. The van der Waals surface area contributed by atoms with Crippen LogP contribution in [0.1, 0.15) is 0 Å². The Hall–Kier alpha value is -3.30. The van der Waals surface area contributed by atoms with E-state index in [2.05, 4.69) is 9.97 Å². The lowest BCUT2D eigenvalue weighted by Crippen LogP contribution is -2.48. The molecule has 3 aromatic rings. The molecule has 1 saturated heterocycles. The smallest absolute Gasteiger partial charge is 0.246 e. The van der Waals surface area contributed by atoms with Gasteiger partial charge in [-0.15, -0.1) is 0 Å². The maximum Gasteiger partial charge on any atom is 0.246 e. The zero-order chi connectivity index (χ0) is 24.4. The Labute approximate surface area is 200 Å². The molecule has 1 amide bonds. The molecule has 0 bridgehead atoms. The van der Waals surface area contributed by atoms with Crippen LogP contribution in [0.2, 0.25) is 5.02 Å². The number of hydrogen-bond acceptors (Lipinski definition) is 6. The molecule has 0 spiro atoms. The van der Waals surface area contributed by atoms with Gasteiger partial charge in [0.05, 0.1) is 10.6 Å². The molecule has 1 N–H and O–H groups in total. The van der Waals surface area contributed by atoms with E-state index in [0.717, 1.165) is 6.07 Å². The number of hydrogen-bond donors (Lipinski definition) is 1. The number of phenols is 1. The molecule has 7 nitrogen and oxygen atoms in total. The first-order valence-corrected chi connectivity index (χ1v) is 11.1. The molecular weight excluding hydrogens is 464 g/mol. The van der Waals surface area contributed by atoms with Crippen LogP contribution in [0.5, 0.6) is 5.75 Å². The number of piperazine rings is 1. The first-order valence-electron chi connectivity index (χ1n) is 10.7. The van der Waals surface area contributed by atoms with E-state index in [4.69, 9.17) is 11.6 Å². The lowest BCUT2D eigenvalue weighted by molar-refractivity contribution is -0.126. The molecule has 2 aromatic carbocycles. The number of benzene rings is 2. The number of rotatable bonds is 5. The van der Waals surface area contributed by atoms with Crippen molar-refractivity contribution in [2.24, 2.45) is 0 Å². The second-order valence-corrected chi connectivity index (χ2v) is 8.66. The van der Waals surface area contributed by atoms with E-state index >= 15 is 4.39 Å². The normalized spacial score (nSPS) is 14.5. The monoisotopic (exact) mass is 487 g/mol. The minimum Gasteiger partial charge on any atom is -0.507 e. The molecule has 2 heterocycles. The van der Waals surface area contributed by atoms with Crippen LogP contribution >= 0.6 is 11.6 Å². The average Bonchev–Trinajstić information content (AvgIpc) is 2.80. The molecule has 1 aliphatic rings. The number of anilines is 1. The third-order valence-electron chi connectivity index (χ3n) is 5.66. The fraction of sp³-hybridized carbons (Fsp3) is 0.292. The fourth-order valence-corrected chi connectivity index (χ4v) is 4.25. The second-order valence-electron chi connectivity index (χ2n) is 8.25. The van der Waals surface area contributed by atoms with E-state index in [1.54, 1.807) is 11.0 Å². The summed E-state index contributed by atoms with van der Waals surface area (Å²) in [6.07, 6.45) is 4.63. The van der Waals surface area contributed by atoms with Gasteiger partial charge in [-0.25, -0.2) is 18.7 Å². The van der Waals surface area contributed by atoms with Crippen LogP contribution in [-0.4, -0.2) is 77.6 Å². The summed E-state index contributed by atoms with van der Waals surface area (Å²) in [5.74, 6) is -1.64. The van der Waals surface area contributed by atoms with Crippen molar-refractivity contribution in [3.05, 3.63) is 59.4 Å². The Morgan fingerprint density at radius 3 is 2.59 bits per heavy atom. The fourth-order valence-electron chi connectivity index (χ4n) is 3.97. The van der Waals surface area contributed by atoms with Crippen LogP contribution in [0, 0.1) is 11.6 Å². The Kier molecular flexibility index (Phi) is 6.95. The summed E-state index contributed by atoms with van der Waals surface area (Å²) < 4.78 is 30.0. The number of aromatic hydroxyl groups is 1. The highest BCUT2D eigenvalue weighted by molar-refractivity contribution is 6.34. The highest BCUT2D eigenvalue weighted by Gasteiger charge is 2.26. The molecule has 1 aromatic heterocycles. The van der Waals surface area contributed by atoms with Gasteiger partial charge in [-0.2, -0.15) is 0 Å². The first-order chi connectivity index (χ1) is 16.3. The van der Waals surface area contributed by atoms with E-state index in [1.165, 1.54) is 24.5 Å². The van der Waals surface area contributed by atoms with E-state index < -0.39 is 17.4 Å². The lowest BCUT2D eigenvalue weighted by atomic mass is 10.0. The van der Waals surface area contributed by atoms with Gasteiger partial charge in [0.2, 0.25) is 5.91 Å². The Morgan fingerprint density at radius 2 is 1.91 bits per heavy atom. The van der Waals surface area contributed by atoms with Crippen molar-refractivity contribution in [1.82, 2.24) is 19.8 Å². The van der Waals surface area contributed by atoms with Crippen LogP contribution < -0.4 is 4.90 Å². The molecule has 0 saturated carbocycles. The van der Waals surface area contributed by atoms with E-state index in [9.17, 15) is 14.3 Å². The van der Waals surface area contributed by atoms with E-state index in [1.807, 2.05) is 30.0 Å². The summed E-state index contributed by atoms with van der Waals surface area (Å²) >= 11 is 6.38. The molecule has 4 rings (SSSR count). The van der Waals surface area contributed by atoms with Crippen molar-refractivity contribution >= 4 is 34.2 Å². The highest BCUT2D eigenvalue weighted by atomic mass is 35.5. The maximum absolute atomic E-state index is 15.5. The molecule has 0 aliphatic carbocycles. The first kappa shape index (κ1) is 23.8. The van der Waals surface area contributed by atoms with Crippen molar-refractivity contribution < 1.29 is 18.7 Å². The molecule has 0 unspecified atom stereocenters. The Balaban J connectivity index is 1.62.